The first kappa shape index (κ1) is 18.9. The Hall–Kier alpha value is -1.44. The third kappa shape index (κ3) is 5.89. The van der Waals surface area contributed by atoms with Crippen LogP contribution in [-0.4, -0.2) is 56.2 Å². The summed E-state index contributed by atoms with van der Waals surface area (Å²) in [6.45, 7) is 4.60. The zero-order valence-corrected chi connectivity index (χ0v) is 15.1. The summed E-state index contributed by atoms with van der Waals surface area (Å²) >= 11 is 0. The fraction of sp³-hybridized carbons (Fsp3) is 0.588. The van der Waals surface area contributed by atoms with Gasteiger partial charge in [-0.2, -0.15) is 4.31 Å². The molecule has 2 atom stereocenters. The molecule has 1 aromatic carbocycles. The zero-order valence-electron chi connectivity index (χ0n) is 14.3. The highest BCUT2D eigenvalue weighted by Crippen LogP contribution is 2.14. The molecule has 6 nitrogen and oxygen atoms in total. The van der Waals surface area contributed by atoms with Gasteiger partial charge in [-0.25, -0.2) is 8.42 Å². The van der Waals surface area contributed by atoms with Gasteiger partial charge in [0.2, 0.25) is 15.9 Å². The molecule has 0 bridgehead atoms. The number of sulfonamides is 1. The summed E-state index contributed by atoms with van der Waals surface area (Å²) in [6.07, 6.45) is 0.793. The molecule has 0 aliphatic carbocycles. The number of hydrogen-bond donors (Lipinski definition) is 1. The summed E-state index contributed by atoms with van der Waals surface area (Å²) in [5.41, 5.74) is 1.09. The Morgan fingerprint density at radius 1 is 1.21 bits per heavy atom. The molecule has 2 unspecified atom stereocenters. The number of carbonyl (C=O) groups excluding carboxylic acids is 1. The molecular weight excluding hydrogens is 328 g/mol. The lowest BCUT2D eigenvalue weighted by Gasteiger charge is -2.34. The second-order valence-corrected chi connectivity index (χ2v) is 8.31. The summed E-state index contributed by atoms with van der Waals surface area (Å²) in [5, 5.41) is 2.69. The fourth-order valence-electron chi connectivity index (χ4n) is 2.80. The first-order valence-electron chi connectivity index (χ1n) is 8.31. The largest absolute Gasteiger partial charge is 0.373 e. The van der Waals surface area contributed by atoms with Gasteiger partial charge in [-0.3, -0.25) is 4.79 Å². The van der Waals surface area contributed by atoms with Gasteiger partial charge < -0.3 is 10.1 Å². The first-order chi connectivity index (χ1) is 11.4. The maximum absolute atomic E-state index is 12.4. The Kier molecular flexibility index (Phi) is 6.77. The number of amides is 1. The molecule has 1 aliphatic heterocycles. The normalized spacial score (nSPS) is 22.2. The number of rotatable bonds is 7. The van der Waals surface area contributed by atoms with E-state index in [1.54, 1.807) is 0 Å². The van der Waals surface area contributed by atoms with E-state index in [9.17, 15) is 13.2 Å². The van der Waals surface area contributed by atoms with Crippen LogP contribution in [-0.2, 0) is 26.0 Å². The highest BCUT2D eigenvalue weighted by molar-refractivity contribution is 7.89. The number of aryl methyl sites for hydroxylation is 1. The van der Waals surface area contributed by atoms with E-state index in [4.69, 9.17) is 4.74 Å². The summed E-state index contributed by atoms with van der Waals surface area (Å²) in [5.74, 6) is -0.207. The summed E-state index contributed by atoms with van der Waals surface area (Å²) < 4.78 is 31.7. The number of nitrogens with one attached hydrogen (secondary N) is 1. The minimum atomic E-state index is -3.37. The van der Waals surface area contributed by atoms with Crippen molar-refractivity contribution >= 4 is 15.9 Å². The van der Waals surface area contributed by atoms with E-state index in [0.717, 1.165) is 5.56 Å². The van der Waals surface area contributed by atoms with Crippen LogP contribution in [0, 0.1) is 0 Å². The first-order valence-corrected chi connectivity index (χ1v) is 9.91. The van der Waals surface area contributed by atoms with E-state index in [1.807, 2.05) is 44.2 Å². The Morgan fingerprint density at radius 2 is 1.83 bits per heavy atom. The molecule has 1 N–H and O–H groups in total. The number of benzene rings is 1. The highest BCUT2D eigenvalue weighted by Gasteiger charge is 2.30. The minimum absolute atomic E-state index is 0.0798. The molecule has 1 fully saturated rings. The Morgan fingerprint density at radius 3 is 2.46 bits per heavy atom. The van der Waals surface area contributed by atoms with Gasteiger partial charge in [0.15, 0.2) is 0 Å². The van der Waals surface area contributed by atoms with Crippen LogP contribution in [0.25, 0.3) is 0 Å². The van der Waals surface area contributed by atoms with Crippen molar-refractivity contribution in [1.29, 1.82) is 0 Å². The lowest BCUT2D eigenvalue weighted by molar-refractivity contribution is -0.120. The number of hydrogen-bond acceptors (Lipinski definition) is 4. The van der Waals surface area contributed by atoms with Crippen molar-refractivity contribution in [3.8, 4) is 0 Å². The van der Waals surface area contributed by atoms with Crippen molar-refractivity contribution in [2.75, 3.05) is 25.4 Å². The standard InChI is InChI=1S/C17H26N2O4S/c1-14-12-19(13-15(2)23-14)24(21,22)11-10-18-17(20)9-8-16-6-4-3-5-7-16/h3-7,14-15H,8-13H2,1-2H3,(H,18,20). The van der Waals surface area contributed by atoms with Crippen molar-refractivity contribution in [1.82, 2.24) is 9.62 Å². The quantitative estimate of drug-likeness (QED) is 0.798. The molecule has 0 spiro atoms. The SMILES string of the molecule is CC1CN(S(=O)(=O)CCNC(=O)CCc2ccccc2)CC(C)O1. The molecule has 0 saturated carbocycles. The number of carbonyl (C=O) groups is 1. The van der Waals surface area contributed by atoms with Gasteiger partial charge in [0.05, 0.1) is 18.0 Å². The summed E-state index contributed by atoms with van der Waals surface area (Å²) in [4.78, 5) is 11.8. The molecule has 7 heteroatoms. The third-order valence-corrected chi connectivity index (χ3v) is 5.75. The number of ether oxygens (including phenoxy) is 1. The topological polar surface area (TPSA) is 75.7 Å². The predicted molar refractivity (Wildman–Crippen MR) is 93.1 cm³/mol. The van der Waals surface area contributed by atoms with Gasteiger partial charge in [-0.15, -0.1) is 0 Å². The highest BCUT2D eigenvalue weighted by atomic mass is 32.2. The average Bonchev–Trinajstić information content (AvgIpc) is 2.53. The van der Waals surface area contributed by atoms with Gasteiger partial charge in [-0.05, 0) is 25.8 Å². The van der Waals surface area contributed by atoms with E-state index in [0.29, 0.717) is 25.9 Å². The van der Waals surface area contributed by atoms with Crippen molar-refractivity contribution in [2.45, 2.75) is 38.9 Å². The van der Waals surface area contributed by atoms with Crippen LogP contribution >= 0.6 is 0 Å². The number of nitrogens with zero attached hydrogens (tertiary/aromatic N) is 1. The lowest BCUT2D eigenvalue weighted by atomic mass is 10.1. The van der Waals surface area contributed by atoms with Crippen molar-refractivity contribution in [3.05, 3.63) is 35.9 Å². The second-order valence-electron chi connectivity index (χ2n) is 6.23. The van der Waals surface area contributed by atoms with Crippen LogP contribution < -0.4 is 5.32 Å². The van der Waals surface area contributed by atoms with Gasteiger partial charge in [0, 0.05) is 26.1 Å². The zero-order chi connectivity index (χ0) is 17.6. The van der Waals surface area contributed by atoms with Gasteiger partial charge >= 0.3 is 0 Å². The molecule has 134 valence electrons. The van der Waals surface area contributed by atoms with Crippen molar-refractivity contribution < 1.29 is 17.9 Å². The fourth-order valence-corrected chi connectivity index (χ4v) is 4.29. The van der Waals surface area contributed by atoms with E-state index in [2.05, 4.69) is 5.32 Å². The lowest BCUT2D eigenvalue weighted by Crippen LogP contribution is -2.49. The maximum Gasteiger partial charge on any atom is 0.220 e. The van der Waals surface area contributed by atoms with Gasteiger partial charge in [-0.1, -0.05) is 30.3 Å². The van der Waals surface area contributed by atoms with E-state index in [1.165, 1.54) is 4.31 Å². The van der Waals surface area contributed by atoms with Crippen LogP contribution in [0.15, 0.2) is 30.3 Å². The molecule has 1 aromatic rings. The van der Waals surface area contributed by atoms with Crippen molar-refractivity contribution in [3.63, 3.8) is 0 Å². The maximum atomic E-state index is 12.4. The Labute approximate surface area is 144 Å². The van der Waals surface area contributed by atoms with Gasteiger partial charge in [0.25, 0.3) is 0 Å². The molecule has 1 aliphatic rings. The molecule has 0 radical (unpaired) electrons. The predicted octanol–water partition coefficient (Wildman–Crippen LogP) is 1.17. The van der Waals surface area contributed by atoms with Crippen molar-refractivity contribution in [2.24, 2.45) is 0 Å². The van der Waals surface area contributed by atoms with E-state index < -0.39 is 10.0 Å². The summed E-state index contributed by atoms with van der Waals surface area (Å²) in [6, 6.07) is 9.74. The van der Waals surface area contributed by atoms with Crippen LogP contribution in [0.1, 0.15) is 25.8 Å². The average molecular weight is 354 g/mol. The Balaban J connectivity index is 1.73. The molecular formula is C17H26N2O4S. The minimum Gasteiger partial charge on any atom is -0.373 e. The molecule has 1 amide bonds. The molecule has 2 rings (SSSR count). The monoisotopic (exact) mass is 354 g/mol. The number of morpholine rings is 1. The molecule has 24 heavy (non-hydrogen) atoms. The van der Waals surface area contributed by atoms with Crippen LogP contribution in [0.3, 0.4) is 0 Å². The molecule has 0 aromatic heterocycles. The van der Waals surface area contributed by atoms with Crippen LogP contribution in [0.2, 0.25) is 0 Å². The van der Waals surface area contributed by atoms with Crippen LogP contribution in [0.4, 0.5) is 0 Å². The second kappa shape index (κ2) is 8.60. The third-order valence-electron chi connectivity index (χ3n) is 3.95. The molecule has 1 heterocycles. The smallest absolute Gasteiger partial charge is 0.220 e. The van der Waals surface area contributed by atoms with E-state index in [-0.39, 0.29) is 30.4 Å². The summed E-state index contributed by atoms with van der Waals surface area (Å²) in [7, 11) is -3.37. The molecule has 1 saturated heterocycles. The Bertz CT molecular complexity index is 623. The van der Waals surface area contributed by atoms with Crippen LogP contribution in [0.5, 0.6) is 0 Å². The van der Waals surface area contributed by atoms with E-state index >= 15 is 0 Å². The van der Waals surface area contributed by atoms with Gasteiger partial charge in [0.1, 0.15) is 0 Å².